The third-order valence-electron chi connectivity index (χ3n) is 5.37. The largest absolute Gasteiger partial charge is 0.376 e. The van der Waals surface area contributed by atoms with Gasteiger partial charge in [0.25, 0.3) is 0 Å². The Balaban J connectivity index is 2.00. The molecule has 0 radical (unpaired) electrons. The SMILES string of the molecule is CC(C)N(C)C1=CCC(c2ccccc2)(c2ccccc2)CC1. The number of nitrogens with zero attached hydrogens (tertiary/aromatic N) is 1. The summed E-state index contributed by atoms with van der Waals surface area (Å²) in [5, 5.41) is 0. The van der Waals surface area contributed by atoms with Crippen LogP contribution in [0.1, 0.15) is 44.2 Å². The van der Waals surface area contributed by atoms with Crippen LogP contribution < -0.4 is 0 Å². The van der Waals surface area contributed by atoms with E-state index in [4.69, 9.17) is 0 Å². The third-order valence-corrected chi connectivity index (χ3v) is 5.37. The number of hydrogen-bond acceptors (Lipinski definition) is 1. The average Bonchev–Trinajstić information content (AvgIpc) is 2.62. The second-order valence-electron chi connectivity index (χ2n) is 6.92. The van der Waals surface area contributed by atoms with Crippen LogP contribution in [-0.4, -0.2) is 18.0 Å². The molecule has 0 aliphatic heterocycles. The zero-order valence-electron chi connectivity index (χ0n) is 14.5. The van der Waals surface area contributed by atoms with Crippen molar-refractivity contribution in [1.82, 2.24) is 4.90 Å². The lowest BCUT2D eigenvalue weighted by atomic mass is 9.66. The minimum absolute atomic E-state index is 0.115. The molecule has 1 aliphatic carbocycles. The van der Waals surface area contributed by atoms with Gasteiger partial charge >= 0.3 is 0 Å². The molecule has 0 atom stereocenters. The summed E-state index contributed by atoms with van der Waals surface area (Å²) >= 11 is 0. The van der Waals surface area contributed by atoms with Crippen LogP contribution in [0.5, 0.6) is 0 Å². The van der Waals surface area contributed by atoms with Crippen molar-refractivity contribution < 1.29 is 0 Å². The van der Waals surface area contributed by atoms with Gasteiger partial charge in [0, 0.05) is 24.2 Å². The highest BCUT2D eigenvalue weighted by Crippen LogP contribution is 2.44. The first-order chi connectivity index (χ1) is 11.1. The van der Waals surface area contributed by atoms with Gasteiger partial charge in [-0.15, -0.1) is 0 Å². The molecule has 1 nitrogen and oxygen atoms in total. The van der Waals surface area contributed by atoms with Crippen molar-refractivity contribution in [2.75, 3.05) is 7.05 Å². The Hall–Kier alpha value is -2.02. The maximum absolute atomic E-state index is 2.46. The molecule has 1 heteroatoms. The minimum atomic E-state index is 0.115. The molecular formula is C22H27N. The van der Waals surface area contributed by atoms with Crippen molar-refractivity contribution in [1.29, 1.82) is 0 Å². The Morgan fingerprint density at radius 3 is 1.78 bits per heavy atom. The van der Waals surface area contributed by atoms with Crippen molar-refractivity contribution >= 4 is 0 Å². The van der Waals surface area contributed by atoms with Gasteiger partial charge < -0.3 is 4.90 Å². The molecule has 1 aliphatic rings. The molecule has 0 N–H and O–H groups in total. The Morgan fingerprint density at radius 2 is 1.39 bits per heavy atom. The minimum Gasteiger partial charge on any atom is -0.376 e. The molecule has 0 amide bonds. The summed E-state index contributed by atoms with van der Waals surface area (Å²) in [6.45, 7) is 4.52. The smallest absolute Gasteiger partial charge is 0.0241 e. The molecule has 0 bridgehead atoms. The van der Waals surface area contributed by atoms with Gasteiger partial charge in [0.1, 0.15) is 0 Å². The molecule has 0 heterocycles. The predicted octanol–water partition coefficient (Wildman–Crippen LogP) is 5.38. The van der Waals surface area contributed by atoms with E-state index in [0.29, 0.717) is 6.04 Å². The van der Waals surface area contributed by atoms with E-state index in [0.717, 1.165) is 12.8 Å². The fourth-order valence-corrected chi connectivity index (χ4v) is 3.70. The average molecular weight is 305 g/mol. The quantitative estimate of drug-likeness (QED) is 0.733. The van der Waals surface area contributed by atoms with Gasteiger partial charge in [0.15, 0.2) is 0 Å². The molecule has 23 heavy (non-hydrogen) atoms. The molecular weight excluding hydrogens is 278 g/mol. The van der Waals surface area contributed by atoms with Crippen LogP contribution in [0.3, 0.4) is 0 Å². The summed E-state index contributed by atoms with van der Waals surface area (Å²) in [5.41, 5.74) is 4.48. The molecule has 2 aromatic carbocycles. The van der Waals surface area contributed by atoms with Crippen molar-refractivity contribution in [2.45, 2.75) is 44.6 Å². The summed E-state index contributed by atoms with van der Waals surface area (Å²) in [4.78, 5) is 2.42. The van der Waals surface area contributed by atoms with Gasteiger partial charge in [-0.3, -0.25) is 0 Å². The lowest BCUT2D eigenvalue weighted by Gasteiger charge is -2.40. The summed E-state index contributed by atoms with van der Waals surface area (Å²) in [6, 6.07) is 22.6. The lowest BCUT2D eigenvalue weighted by molar-refractivity contribution is 0.304. The Morgan fingerprint density at radius 1 is 0.870 bits per heavy atom. The monoisotopic (exact) mass is 305 g/mol. The Bertz CT molecular complexity index is 615. The van der Waals surface area contributed by atoms with Crippen LogP contribution in [0.15, 0.2) is 72.4 Å². The maximum atomic E-state index is 2.46. The fraction of sp³-hybridized carbons (Fsp3) is 0.364. The van der Waals surface area contributed by atoms with Crippen LogP contribution >= 0.6 is 0 Å². The van der Waals surface area contributed by atoms with Gasteiger partial charge in [-0.05, 0) is 44.2 Å². The van der Waals surface area contributed by atoms with E-state index in [2.05, 4.69) is 92.5 Å². The molecule has 3 rings (SSSR count). The Labute approximate surface area is 140 Å². The highest BCUT2D eigenvalue weighted by Gasteiger charge is 2.36. The second-order valence-corrected chi connectivity index (χ2v) is 6.92. The van der Waals surface area contributed by atoms with Crippen LogP contribution in [-0.2, 0) is 5.41 Å². The summed E-state index contributed by atoms with van der Waals surface area (Å²) in [7, 11) is 2.22. The molecule has 0 spiro atoms. The van der Waals surface area contributed by atoms with E-state index in [1.165, 1.54) is 23.2 Å². The molecule has 2 aromatic rings. The van der Waals surface area contributed by atoms with Crippen LogP contribution in [0, 0.1) is 0 Å². The predicted molar refractivity (Wildman–Crippen MR) is 98.5 cm³/mol. The van der Waals surface area contributed by atoms with Crippen molar-refractivity contribution in [3.8, 4) is 0 Å². The van der Waals surface area contributed by atoms with Gasteiger partial charge in [-0.2, -0.15) is 0 Å². The van der Waals surface area contributed by atoms with Gasteiger partial charge in [0.05, 0.1) is 0 Å². The van der Waals surface area contributed by atoms with E-state index < -0.39 is 0 Å². The van der Waals surface area contributed by atoms with E-state index in [1.54, 1.807) is 0 Å². The molecule has 0 aromatic heterocycles. The normalized spacial score (nSPS) is 17.0. The molecule has 0 saturated carbocycles. The first-order valence-corrected chi connectivity index (χ1v) is 8.66. The summed E-state index contributed by atoms with van der Waals surface area (Å²) < 4.78 is 0. The zero-order valence-corrected chi connectivity index (χ0v) is 14.5. The van der Waals surface area contributed by atoms with E-state index in [9.17, 15) is 0 Å². The first-order valence-electron chi connectivity index (χ1n) is 8.66. The molecule has 0 saturated heterocycles. The zero-order chi connectivity index (χ0) is 16.3. The first kappa shape index (κ1) is 15.9. The number of rotatable bonds is 4. The summed E-state index contributed by atoms with van der Waals surface area (Å²) in [6.07, 6.45) is 5.85. The third kappa shape index (κ3) is 3.06. The van der Waals surface area contributed by atoms with E-state index in [-0.39, 0.29) is 5.41 Å². The van der Waals surface area contributed by atoms with Crippen molar-refractivity contribution in [3.05, 3.63) is 83.6 Å². The fourth-order valence-electron chi connectivity index (χ4n) is 3.70. The van der Waals surface area contributed by atoms with Crippen molar-refractivity contribution in [2.24, 2.45) is 0 Å². The molecule has 120 valence electrons. The van der Waals surface area contributed by atoms with Gasteiger partial charge in [-0.25, -0.2) is 0 Å². The maximum Gasteiger partial charge on any atom is 0.0241 e. The van der Waals surface area contributed by atoms with Crippen LogP contribution in [0.2, 0.25) is 0 Å². The topological polar surface area (TPSA) is 3.24 Å². The van der Waals surface area contributed by atoms with Crippen molar-refractivity contribution in [3.63, 3.8) is 0 Å². The molecule has 0 unspecified atom stereocenters. The van der Waals surface area contributed by atoms with Crippen LogP contribution in [0.25, 0.3) is 0 Å². The Kier molecular flexibility index (Phi) is 4.56. The summed E-state index contributed by atoms with van der Waals surface area (Å²) in [5.74, 6) is 0. The highest BCUT2D eigenvalue weighted by molar-refractivity contribution is 5.41. The van der Waals surface area contributed by atoms with E-state index in [1.807, 2.05) is 0 Å². The lowest BCUT2D eigenvalue weighted by Crippen LogP contribution is -2.34. The van der Waals surface area contributed by atoms with Gasteiger partial charge in [0.2, 0.25) is 0 Å². The number of hydrogen-bond donors (Lipinski definition) is 0. The highest BCUT2D eigenvalue weighted by atomic mass is 15.1. The molecule has 0 fully saturated rings. The van der Waals surface area contributed by atoms with Crippen LogP contribution in [0.4, 0.5) is 0 Å². The standard InChI is InChI=1S/C22H27N/c1-18(2)23(3)21-14-16-22(17-15-21,19-10-6-4-7-11-19)20-12-8-5-9-13-20/h4-14,18H,15-17H2,1-3H3. The number of benzene rings is 2. The number of allylic oxidation sites excluding steroid dienone is 2. The second kappa shape index (κ2) is 6.62. The van der Waals surface area contributed by atoms with Gasteiger partial charge in [-0.1, -0.05) is 66.7 Å². The van der Waals surface area contributed by atoms with E-state index >= 15 is 0 Å².